The fraction of sp³-hybridized carbons (Fsp3) is 1.00. The van der Waals surface area contributed by atoms with Crippen molar-refractivity contribution in [1.82, 2.24) is 0 Å². The highest BCUT2D eigenvalue weighted by Crippen LogP contribution is 2.70. The SMILES string of the molecule is CC1(C)C2CC[C@]1(C)C(F)(F)OC2(F)F. The van der Waals surface area contributed by atoms with Crippen LogP contribution in [0.2, 0.25) is 0 Å². The van der Waals surface area contributed by atoms with Crippen LogP contribution in [-0.2, 0) is 4.74 Å². The van der Waals surface area contributed by atoms with Gasteiger partial charge in [0.2, 0.25) is 0 Å². The van der Waals surface area contributed by atoms with Crippen molar-refractivity contribution in [3.63, 3.8) is 0 Å². The minimum Gasteiger partial charge on any atom is -0.255 e. The third kappa shape index (κ3) is 1.07. The summed E-state index contributed by atoms with van der Waals surface area (Å²) in [5.74, 6) is -1.12. The molecule has 0 aromatic rings. The van der Waals surface area contributed by atoms with E-state index in [9.17, 15) is 17.6 Å². The average molecular weight is 226 g/mol. The Bertz CT molecular complexity index is 300. The van der Waals surface area contributed by atoms with E-state index in [-0.39, 0.29) is 12.8 Å². The molecule has 1 unspecified atom stereocenters. The van der Waals surface area contributed by atoms with E-state index in [2.05, 4.69) is 4.74 Å². The first-order chi connectivity index (χ1) is 6.55. The summed E-state index contributed by atoms with van der Waals surface area (Å²) in [6, 6.07) is 0. The van der Waals surface area contributed by atoms with Crippen LogP contribution in [0.5, 0.6) is 0 Å². The molecular formula is C10H14F4O. The average Bonchev–Trinajstić information content (AvgIpc) is 2.17. The molecule has 1 aliphatic heterocycles. The van der Waals surface area contributed by atoms with Gasteiger partial charge in [-0.1, -0.05) is 20.8 Å². The number of ether oxygens (including phenoxy) is 1. The van der Waals surface area contributed by atoms with Gasteiger partial charge in [0, 0.05) is 0 Å². The van der Waals surface area contributed by atoms with Gasteiger partial charge in [0.25, 0.3) is 0 Å². The van der Waals surface area contributed by atoms with Crippen molar-refractivity contribution in [3.8, 4) is 0 Å². The second-order valence-electron chi connectivity index (χ2n) is 5.33. The Labute approximate surface area is 85.8 Å². The molecule has 15 heavy (non-hydrogen) atoms. The smallest absolute Gasteiger partial charge is 0.255 e. The molecule has 0 aromatic heterocycles. The largest absolute Gasteiger partial charge is 0.366 e. The number of fused-ring (bicyclic) bond motifs is 2. The van der Waals surface area contributed by atoms with Crippen molar-refractivity contribution >= 4 is 0 Å². The molecule has 2 atom stereocenters. The molecule has 0 aromatic carbocycles. The quantitative estimate of drug-likeness (QED) is 0.573. The highest BCUT2D eigenvalue weighted by atomic mass is 19.3. The van der Waals surface area contributed by atoms with Crippen molar-refractivity contribution in [2.24, 2.45) is 16.7 Å². The van der Waals surface area contributed by atoms with Crippen LogP contribution < -0.4 is 0 Å². The summed E-state index contributed by atoms with van der Waals surface area (Å²) in [6.07, 6.45) is -7.31. The monoisotopic (exact) mass is 226 g/mol. The van der Waals surface area contributed by atoms with Gasteiger partial charge in [-0.25, -0.2) is 0 Å². The maximum Gasteiger partial charge on any atom is 0.366 e. The molecule has 1 heterocycles. The fourth-order valence-electron chi connectivity index (χ4n) is 2.96. The van der Waals surface area contributed by atoms with Gasteiger partial charge in [0.15, 0.2) is 0 Å². The molecule has 88 valence electrons. The number of halogens is 4. The molecule has 2 aliphatic rings. The first-order valence-electron chi connectivity index (χ1n) is 5.00. The lowest BCUT2D eigenvalue weighted by atomic mass is 9.63. The molecule has 2 bridgehead atoms. The van der Waals surface area contributed by atoms with Gasteiger partial charge in [-0.3, -0.25) is 4.74 Å². The van der Waals surface area contributed by atoms with Gasteiger partial charge < -0.3 is 0 Å². The van der Waals surface area contributed by atoms with Gasteiger partial charge in [-0.2, -0.15) is 17.6 Å². The third-order valence-corrected chi connectivity index (χ3v) is 4.54. The van der Waals surface area contributed by atoms with Gasteiger partial charge >= 0.3 is 12.2 Å². The second kappa shape index (κ2) is 2.50. The predicted molar refractivity (Wildman–Crippen MR) is 45.6 cm³/mol. The Morgan fingerprint density at radius 1 is 1.07 bits per heavy atom. The predicted octanol–water partition coefficient (Wildman–Crippen LogP) is 3.64. The van der Waals surface area contributed by atoms with Gasteiger partial charge in [0.05, 0.1) is 11.3 Å². The summed E-state index contributed by atoms with van der Waals surface area (Å²) in [5.41, 5.74) is -2.61. The Hall–Kier alpha value is -0.320. The molecule has 0 radical (unpaired) electrons. The molecule has 1 saturated carbocycles. The summed E-state index contributed by atoms with van der Waals surface area (Å²) in [5, 5.41) is 0. The molecule has 1 nitrogen and oxygen atoms in total. The van der Waals surface area contributed by atoms with Crippen LogP contribution in [0.3, 0.4) is 0 Å². The van der Waals surface area contributed by atoms with E-state index < -0.39 is 29.0 Å². The standard InChI is InChI=1S/C10H14F4O/c1-7(2)6-4-5-8(7,3)10(13,14)15-9(6,11)12/h6H,4-5H2,1-3H3/t6?,8-/m0/s1. The molecule has 1 aliphatic carbocycles. The van der Waals surface area contributed by atoms with Crippen molar-refractivity contribution in [3.05, 3.63) is 0 Å². The molecule has 2 fully saturated rings. The van der Waals surface area contributed by atoms with Crippen LogP contribution >= 0.6 is 0 Å². The third-order valence-electron chi connectivity index (χ3n) is 4.54. The summed E-state index contributed by atoms with van der Waals surface area (Å²) in [7, 11) is 0. The van der Waals surface area contributed by atoms with E-state index in [4.69, 9.17) is 0 Å². The van der Waals surface area contributed by atoms with Crippen molar-refractivity contribution in [1.29, 1.82) is 0 Å². The topological polar surface area (TPSA) is 9.23 Å². The summed E-state index contributed by atoms with van der Waals surface area (Å²) in [4.78, 5) is 0. The van der Waals surface area contributed by atoms with Crippen LogP contribution in [0.4, 0.5) is 17.6 Å². The summed E-state index contributed by atoms with van der Waals surface area (Å²) >= 11 is 0. The minimum absolute atomic E-state index is 0.0766. The molecular weight excluding hydrogens is 212 g/mol. The van der Waals surface area contributed by atoms with E-state index in [0.29, 0.717) is 0 Å². The molecule has 0 amide bonds. The van der Waals surface area contributed by atoms with E-state index in [1.165, 1.54) is 20.8 Å². The summed E-state index contributed by atoms with van der Waals surface area (Å²) < 4.78 is 57.6. The Morgan fingerprint density at radius 2 is 1.60 bits per heavy atom. The number of alkyl halides is 4. The second-order valence-corrected chi connectivity index (χ2v) is 5.33. The highest BCUT2D eigenvalue weighted by Gasteiger charge is 2.76. The molecule has 2 rings (SSSR count). The van der Waals surface area contributed by atoms with Crippen LogP contribution in [0, 0.1) is 16.7 Å². The lowest BCUT2D eigenvalue weighted by molar-refractivity contribution is -0.465. The van der Waals surface area contributed by atoms with Crippen LogP contribution in [0.15, 0.2) is 0 Å². The van der Waals surface area contributed by atoms with E-state index >= 15 is 0 Å². The van der Waals surface area contributed by atoms with E-state index in [0.717, 1.165) is 0 Å². The zero-order valence-electron chi connectivity index (χ0n) is 8.91. The maximum absolute atomic E-state index is 13.6. The number of rotatable bonds is 0. The Kier molecular flexibility index (Phi) is 1.86. The summed E-state index contributed by atoms with van der Waals surface area (Å²) in [6.45, 7) is 4.30. The first kappa shape index (κ1) is 11.2. The first-order valence-corrected chi connectivity index (χ1v) is 5.00. The fourth-order valence-corrected chi connectivity index (χ4v) is 2.96. The van der Waals surface area contributed by atoms with Gasteiger partial charge in [0.1, 0.15) is 0 Å². The van der Waals surface area contributed by atoms with Crippen molar-refractivity contribution in [2.45, 2.75) is 45.8 Å². The van der Waals surface area contributed by atoms with Crippen LogP contribution in [0.1, 0.15) is 33.6 Å². The minimum atomic E-state index is -3.76. The number of hydrogen-bond acceptors (Lipinski definition) is 1. The maximum atomic E-state index is 13.6. The molecule has 0 spiro atoms. The van der Waals surface area contributed by atoms with Gasteiger partial charge in [-0.15, -0.1) is 0 Å². The zero-order valence-corrected chi connectivity index (χ0v) is 8.91. The molecule has 5 heteroatoms. The Morgan fingerprint density at radius 3 is 2.13 bits per heavy atom. The van der Waals surface area contributed by atoms with Crippen molar-refractivity contribution in [2.75, 3.05) is 0 Å². The Balaban J connectivity index is 2.55. The lowest BCUT2D eigenvalue weighted by Gasteiger charge is -2.52. The highest BCUT2D eigenvalue weighted by molar-refractivity contribution is 5.09. The van der Waals surface area contributed by atoms with Crippen LogP contribution in [0.25, 0.3) is 0 Å². The van der Waals surface area contributed by atoms with Crippen LogP contribution in [-0.4, -0.2) is 12.2 Å². The number of hydrogen-bond donors (Lipinski definition) is 0. The van der Waals surface area contributed by atoms with Gasteiger partial charge in [-0.05, 0) is 18.3 Å². The van der Waals surface area contributed by atoms with E-state index in [1.807, 2.05) is 0 Å². The zero-order chi connectivity index (χ0) is 11.7. The van der Waals surface area contributed by atoms with E-state index in [1.54, 1.807) is 0 Å². The normalized spacial score (nSPS) is 45.4. The molecule has 0 N–H and O–H groups in total. The van der Waals surface area contributed by atoms with Crippen molar-refractivity contribution < 1.29 is 22.3 Å². The molecule has 1 saturated heterocycles. The lowest BCUT2D eigenvalue weighted by Crippen LogP contribution is -2.60.